The summed E-state index contributed by atoms with van der Waals surface area (Å²) in [7, 11) is 0. The van der Waals surface area contributed by atoms with E-state index in [4.69, 9.17) is 10.00 Å². The number of aromatic hydroxyl groups is 1. The molecule has 0 aliphatic heterocycles. The maximum atomic E-state index is 9.95. The van der Waals surface area contributed by atoms with E-state index >= 15 is 0 Å². The van der Waals surface area contributed by atoms with Crippen molar-refractivity contribution in [3.63, 3.8) is 0 Å². The van der Waals surface area contributed by atoms with Gasteiger partial charge in [0, 0.05) is 17.8 Å². The Bertz CT molecular complexity index is 687. The summed E-state index contributed by atoms with van der Waals surface area (Å²) >= 11 is 0. The Morgan fingerprint density at radius 3 is 2.86 bits per heavy atom. The normalized spacial score (nSPS) is 10.5. The minimum absolute atomic E-state index is 0.115. The fraction of sp³-hybridized carbons (Fsp3) is 0.176. The highest BCUT2D eigenvalue weighted by molar-refractivity contribution is 5.85. The Kier molecular flexibility index (Phi) is 4.94. The lowest BCUT2D eigenvalue weighted by Crippen LogP contribution is -1.95. The summed E-state index contributed by atoms with van der Waals surface area (Å²) in [5.41, 5.74) is 1.82. The summed E-state index contributed by atoms with van der Waals surface area (Å²) in [6.45, 7) is 2.64. The van der Waals surface area contributed by atoms with Crippen molar-refractivity contribution in [2.75, 3.05) is 6.61 Å². The average Bonchev–Trinajstić information content (AvgIpc) is 2.52. The molecule has 0 fully saturated rings. The molecule has 0 radical (unpaired) electrons. The summed E-state index contributed by atoms with van der Waals surface area (Å²) in [5.74, 6) is 0.752. The largest absolute Gasteiger partial charge is 0.507 e. The number of nitriles is 1. The van der Waals surface area contributed by atoms with Crippen LogP contribution >= 0.6 is 0 Å². The average molecular weight is 280 g/mol. The van der Waals surface area contributed by atoms with E-state index in [9.17, 15) is 5.11 Å². The molecular formula is C17H16N2O2. The van der Waals surface area contributed by atoms with E-state index in [0.29, 0.717) is 29.2 Å². The molecule has 2 aromatic rings. The van der Waals surface area contributed by atoms with E-state index in [1.165, 1.54) is 0 Å². The van der Waals surface area contributed by atoms with E-state index in [1.54, 1.807) is 48.7 Å². The third-order valence-electron chi connectivity index (χ3n) is 2.80. The van der Waals surface area contributed by atoms with Crippen LogP contribution in [0.1, 0.15) is 24.5 Å². The zero-order valence-corrected chi connectivity index (χ0v) is 11.8. The third kappa shape index (κ3) is 4.08. The molecule has 4 heteroatoms. The number of nitrogens with zero attached hydrogens (tertiary/aromatic N) is 2. The predicted octanol–water partition coefficient (Wildman–Crippen LogP) is 3.80. The van der Waals surface area contributed by atoms with Crippen LogP contribution in [0, 0.1) is 11.3 Å². The van der Waals surface area contributed by atoms with Crippen molar-refractivity contribution in [2.24, 2.45) is 4.99 Å². The zero-order chi connectivity index (χ0) is 15.1. The number of hydrogen-bond acceptors (Lipinski definition) is 4. The van der Waals surface area contributed by atoms with Gasteiger partial charge in [0.05, 0.1) is 23.9 Å². The van der Waals surface area contributed by atoms with Crippen molar-refractivity contribution in [1.29, 1.82) is 5.26 Å². The van der Waals surface area contributed by atoms with Crippen molar-refractivity contribution in [1.82, 2.24) is 0 Å². The highest BCUT2D eigenvalue weighted by Gasteiger charge is 2.01. The molecule has 4 nitrogen and oxygen atoms in total. The van der Waals surface area contributed by atoms with Crippen molar-refractivity contribution < 1.29 is 9.84 Å². The Morgan fingerprint density at radius 1 is 1.29 bits per heavy atom. The van der Waals surface area contributed by atoms with Gasteiger partial charge >= 0.3 is 0 Å². The topological polar surface area (TPSA) is 65.6 Å². The number of ether oxygens (including phenoxy) is 1. The Hall–Kier alpha value is -2.80. The quantitative estimate of drug-likeness (QED) is 0.847. The maximum Gasteiger partial charge on any atom is 0.128 e. The van der Waals surface area contributed by atoms with Crippen molar-refractivity contribution in [2.45, 2.75) is 13.3 Å². The van der Waals surface area contributed by atoms with Crippen molar-refractivity contribution >= 4 is 11.9 Å². The highest BCUT2D eigenvalue weighted by atomic mass is 16.5. The van der Waals surface area contributed by atoms with Crippen LogP contribution in [0.15, 0.2) is 47.5 Å². The van der Waals surface area contributed by atoms with Crippen molar-refractivity contribution in [3.8, 4) is 17.6 Å². The molecule has 0 saturated heterocycles. The molecule has 0 unspecified atom stereocenters. The minimum Gasteiger partial charge on any atom is -0.507 e. The number of rotatable bonds is 5. The van der Waals surface area contributed by atoms with Gasteiger partial charge in [-0.05, 0) is 36.8 Å². The molecule has 0 aliphatic carbocycles. The second-order valence-corrected chi connectivity index (χ2v) is 4.49. The van der Waals surface area contributed by atoms with Gasteiger partial charge in [-0.3, -0.25) is 4.99 Å². The third-order valence-corrected chi connectivity index (χ3v) is 2.80. The first kappa shape index (κ1) is 14.6. The van der Waals surface area contributed by atoms with Crippen LogP contribution < -0.4 is 4.74 Å². The Labute approximate surface area is 124 Å². The molecule has 21 heavy (non-hydrogen) atoms. The lowest BCUT2D eigenvalue weighted by molar-refractivity contribution is 0.315. The van der Waals surface area contributed by atoms with Gasteiger partial charge in [0.2, 0.25) is 0 Å². The monoisotopic (exact) mass is 280 g/mol. The molecule has 2 aromatic carbocycles. The number of phenolic OH excluding ortho intramolecular Hbond substituents is 1. The van der Waals surface area contributed by atoms with Crippen LogP contribution in [-0.2, 0) is 0 Å². The van der Waals surface area contributed by atoms with Gasteiger partial charge in [-0.25, -0.2) is 0 Å². The Morgan fingerprint density at radius 2 is 2.14 bits per heavy atom. The SMILES string of the molecule is CCCOc1ccc(C=Nc2cccc(C#N)c2)c(O)c1. The first-order valence-electron chi connectivity index (χ1n) is 6.73. The summed E-state index contributed by atoms with van der Waals surface area (Å²) in [5, 5.41) is 18.8. The summed E-state index contributed by atoms with van der Waals surface area (Å²) < 4.78 is 5.44. The van der Waals surface area contributed by atoms with Crippen LogP contribution in [-0.4, -0.2) is 17.9 Å². The maximum absolute atomic E-state index is 9.95. The molecule has 0 heterocycles. The van der Waals surface area contributed by atoms with Gasteiger partial charge in [0.15, 0.2) is 0 Å². The predicted molar refractivity (Wildman–Crippen MR) is 82.3 cm³/mol. The van der Waals surface area contributed by atoms with E-state index in [0.717, 1.165) is 6.42 Å². The smallest absolute Gasteiger partial charge is 0.128 e. The molecule has 0 bridgehead atoms. The van der Waals surface area contributed by atoms with Gasteiger partial charge in [-0.2, -0.15) is 5.26 Å². The first-order chi connectivity index (χ1) is 10.2. The molecule has 0 spiro atoms. The van der Waals surface area contributed by atoms with Crippen LogP contribution in [0.2, 0.25) is 0 Å². The number of hydrogen-bond donors (Lipinski definition) is 1. The molecule has 0 aliphatic rings. The molecule has 2 rings (SSSR count). The van der Waals surface area contributed by atoms with E-state index in [1.807, 2.05) is 6.92 Å². The highest BCUT2D eigenvalue weighted by Crippen LogP contribution is 2.23. The van der Waals surface area contributed by atoms with E-state index < -0.39 is 0 Å². The summed E-state index contributed by atoms with van der Waals surface area (Å²) in [6.07, 6.45) is 2.48. The number of phenols is 1. The van der Waals surface area contributed by atoms with Crippen LogP contribution in [0.3, 0.4) is 0 Å². The standard InChI is InChI=1S/C17H16N2O2/c1-2-8-21-16-7-6-14(17(20)10-16)12-19-15-5-3-4-13(9-15)11-18/h3-7,9-10,12,20H,2,8H2,1H3. The fourth-order valence-corrected chi connectivity index (χ4v) is 1.74. The zero-order valence-electron chi connectivity index (χ0n) is 11.8. The summed E-state index contributed by atoms with van der Waals surface area (Å²) in [6, 6.07) is 14.2. The molecule has 0 aromatic heterocycles. The fourth-order valence-electron chi connectivity index (χ4n) is 1.74. The van der Waals surface area contributed by atoms with Crippen LogP contribution in [0.25, 0.3) is 0 Å². The van der Waals surface area contributed by atoms with E-state index in [-0.39, 0.29) is 5.75 Å². The second-order valence-electron chi connectivity index (χ2n) is 4.49. The van der Waals surface area contributed by atoms with Gasteiger partial charge in [-0.1, -0.05) is 13.0 Å². The van der Waals surface area contributed by atoms with Crippen LogP contribution in [0.4, 0.5) is 5.69 Å². The molecule has 1 N–H and O–H groups in total. The molecular weight excluding hydrogens is 264 g/mol. The van der Waals surface area contributed by atoms with Gasteiger partial charge in [0.25, 0.3) is 0 Å². The molecule has 0 atom stereocenters. The Balaban J connectivity index is 2.15. The lowest BCUT2D eigenvalue weighted by atomic mass is 10.2. The van der Waals surface area contributed by atoms with Gasteiger partial charge in [0.1, 0.15) is 11.5 Å². The number of benzene rings is 2. The first-order valence-corrected chi connectivity index (χ1v) is 6.73. The molecule has 0 amide bonds. The van der Waals surface area contributed by atoms with E-state index in [2.05, 4.69) is 11.1 Å². The summed E-state index contributed by atoms with van der Waals surface area (Å²) in [4.78, 5) is 4.26. The van der Waals surface area contributed by atoms with Gasteiger partial charge in [-0.15, -0.1) is 0 Å². The minimum atomic E-state index is 0.115. The van der Waals surface area contributed by atoms with Crippen molar-refractivity contribution in [3.05, 3.63) is 53.6 Å². The molecule has 106 valence electrons. The van der Waals surface area contributed by atoms with Gasteiger partial charge < -0.3 is 9.84 Å². The lowest BCUT2D eigenvalue weighted by Gasteiger charge is -2.06. The second kappa shape index (κ2) is 7.11. The van der Waals surface area contributed by atoms with Crippen LogP contribution in [0.5, 0.6) is 11.5 Å². The molecule has 0 saturated carbocycles. The number of aliphatic imine (C=N–C) groups is 1.